The van der Waals surface area contributed by atoms with Crippen LogP contribution in [0.15, 0.2) is 48.5 Å². The highest BCUT2D eigenvalue weighted by Crippen LogP contribution is 2.55. The molecule has 27 heavy (non-hydrogen) atoms. The average molecular weight is 375 g/mol. The average Bonchev–Trinajstić information content (AvgIpc) is 2.65. The number of alkyl halides is 3. The number of nitrogens with one attached hydrogen (secondary N) is 1. The summed E-state index contributed by atoms with van der Waals surface area (Å²) in [6.45, 7) is -1.55. The van der Waals surface area contributed by atoms with Gasteiger partial charge in [0.05, 0.1) is 0 Å². The number of benzene rings is 2. The molecule has 1 N–H and O–H groups in total. The highest BCUT2D eigenvalue weighted by Gasteiger charge is 2.42. The van der Waals surface area contributed by atoms with Crippen molar-refractivity contribution in [3.05, 3.63) is 70.8 Å². The van der Waals surface area contributed by atoms with Crippen LogP contribution in [0.25, 0.3) is 0 Å². The molecule has 0 aliphatic heterocycles. The fourth-order valence-corrected chi connectivity index (χ4v) is 4.52. The van der Waals surface area contributed by atoms with Crippen LogP contribution in [-0.4, -0.2) is 31.8 Å². The molecule has 0 aromatic heterocycles. The summed E-state index contributed by atoms with van der Waals surface area (Å²) in [5, 5.41) is 2.75. The van der Waals surface area contributed by atoms with Crippen LogP contribution in [-0.2, 0) is 9.53 Å². The Kier molecular flexibility index (Phi) is 4.68. The third kappa shape index (κ3) is 3.58. The Morgan fingerprint density at radius 1 is 1.00 bits per heavy atom. The number of ether oxygens (including phenoxy) is 1. The summed E-state index contributed by atoms with van der Waals surface area (Å²) in [4.78, 5) is 11.9. The van der Waals surface area contributed by atoms with E-state index >= 15 is 0 Å². The normalized spacial score (nSPS) is 22.9. The van der Waals surface area contributed by atoms with Gasteiger partial charge in [-0.15, -0.1) is 0 Å². The van der Waals surface area contributed by atoms with Gasteiger partial charge in [0, 0.05) is 18.4 Å². The van der Waals surface area contributed by atoms with Gasteiger partial charge in [-0.25, -0.2) is 0 Å². The Balaban J connectivity index is 1.46. The lowest BCUT2D eigenvalue weighted by molar-refractivity contribution is -0.175. The van der Waals surface area contributed by atoms with Crippen molar-refractivity contribution >= 4 is 5.91 Å². The Bertz CT molecular complexity index is 802. The minimum absolute atomic E-state index is 0.193. The van der Waals surface area contributed by atoms with Crippen molar-refractivity contribution in [2.24, 2.45) is 5.92 Å². The van der Waals surface area contributed by atoms with Crippen molar-refractivity contribution in [3.63, 3.8) is 0 Å². The standard InChI is InChI=1S/C21H20F3NO2/c22-21(23,24)12-27-11-19(26)25-10-13-9-18-14-5-1-3-7-16(14)20(13)17-8-4-2-6-15(17)18/h1-8,13,18,20H,9-12H2,(H,25,26). The molecule has 0 fully saturated rings. The molecule has 2 aromatic rings. The number of carbonyl (C=O) groups excluding carboxylic acids is 1. The van der Waals surface area contributed by atoms with Crippen LogP contribution in [0.3, 0.4) is 0 Å². The number of amides is 1. The first kappa shape index (κ1) is 18.0. The van der Waals surface area contributed by atoms with Crippen molar-refractivity contribution in [3.8, 4) is 0 Å². The zero-order chi connectivity index (χ0) is 19.0. The topological polar surface area (TPSA) is 38.3 Å². The fraction of sp³-hybridized carbons (Fsp3) is 0.381. The zero-order valence-corrected chi connectivity index (χ0v) is 14.6. The minimum Gasteiger partial charge on any atom is -0.362 e. The predicted molar refractivity (Wildman–Crippen MR) is 94.6 cm³/mol. The van der Waals surface area contributed by atoms with Crippen LogP contribution < -0.4 is 5.32 Å². The molecule has 2 bridgehead atoms. The molecule has 5 rings (SSSR count). The van der Waals surface area contributed by atoms with E-state index in [4.69, 9.17) is 0 Å². The van der Waals surface area contributed by atoms with Crippen LogP contribution >= 0.6 is 0 Å². The molecule has 0 heterocycles. The van der Waals surface area contributed by atoms with Crippen molar-refractivity contribution < 1.29 is 22.7 Å². The van der Waals surface area contributed by atoms with Gasteiger partial charge in [-0.05, 0) is 34.6 Å². The van der Waals surface area contributed by atoms with E-state index in [1.54, 1.807) is 0 Å². The molecule has 3 nitrogen and oxygen atoms in total. The van der Waals surface area contributed by atoms with E-state index in [-0.39, 0.29) is 11.8 Å². The third-order valence-corrected chi connectivity index (χ3v) is 5.48. The van der Waals surface area contributed by atoms with E-state index < -0.39 is 25.3 Å². The SMILES string of the molecule is O=C(COCC(F)(F)F)NCC1CC2c3ccccc3C1c1ccccc12. The Morgan fingerprint density at radius 2 is 1.56 bits per heavy atom. The van der Waals surface area contributed by atoms with Gasteiger partial charge in [-0.1, -0.05) is 48.5 Å². The molecule has 0 spiro atoms. The van der Waals surface area contributed by atoms with Gasteiger partial charge < -0.3 is 10.1 Å². The summed E-state index contributed by atoms with van der Waals surface area (Å²) in [5.41, 5.74) is 5.27. The lowest BCUT2D eigenvalue weighted by Crippen LogP contribution is -2.40. The van der Waals surface area contributed by atoms with Crippen LogP contribution in [0.1, 0.15) is 40.5 Å². The van der Waals surface area contributed by atoms with E-state index in [0.717, 1.165) is 6.42 Å². The van der Waals surface area contributed by atoms with Crippen molar-refractivity contribution in [1.82, 2.24) is 5.32 Å². The number of hydrogen-bond donors (Lipinski definition) is 1. The van der Waals surface area contributed by atoms with Gasteiger partial charge in [-0.2, -0.15) is 13.2 Å². The number of hydrogen-bond acceptors (Lipinski definition) is 2. The van der Waals surface area contributed by atoms with Crippen LogP contribution in [0.5, 0.6) is 0 Å². The largest absolute Gasteiger partial charge is 0.411 e. The molecular weight excluding hydrogens is 355 g/mol. The first-order valence-electron chi connectivity index (χ1n) is 9.03. The van der Waals surface area contributed by atoms with Gasteiger partial charge in [0.15, 0.2) is 0 Å². The van der Waals surface area contributed by atoms with Gasteiger partial charge in [0.25, 0.3) is 0 Å². The predicted octanol–water partition coefficient (Wildman–Crippen LogP) is 3.98. The maximum atomic E-state index is 12.1. The van der Waals surface area contributed by atoms with E-state index in [0.29, 0.717) is 12.5 Å². The van der Waals surface area contributed by atoms with Crippen molar-refractivity contribution in [2.45, 2.75) is 24.4 Å². The van der Waals surface area contributed by atoms with Gasteiger partial charge in [0.1, 0.15) is 13.2 Å². The molecule has 142 valence electrons. The second-order valence-corrected chi connectivity index (χ2v) is 7.20. The number of fused-ring (bicyclic) bond motifs is 1. The first-order valence-corrected chi connectivity index (χ1v) is 9.03. The van der Waals surface area contributed by atoms with Gasteiger partial charge in [-0.3, -0.25) is 4.79 Å². The van der Waals surface area contributed by atoms with Crippen molar-refractivity contribution in [2.75, 3.05) is 19.8 Å². The number of rotatable bonds is 5. The van der Waals surface area contributed by atoms with Gasteiger partial charge >= 0.3 is 6.18 Å². The monoisotopic (exact) mass is 375 g/mol. The van der Waals surface area contributed by atoms with Crippen LogP contribution in [0.2, 0.25) is 0 Å². The van der Waals surface area contributed by atoms with Gasteiger partial charge in [0.2, 0.25) is 5.91 Å². The summed E-state index contributed by atoms with van der Waals surface area (Å²) in [7, 11) is 0. The second kappa shape index (κ2) is 7.00. The van der Waals surface area contributed by atoms with Crippen LogP contribution in [0, 0.1) is 5.92 Å². The number of carbonyl (C=O) groups is 1. The lowest BCUT2D eigenvalue weighted by Gasteiger charge is -2.45. The first-order chi connectivity index (χ1) is 12.9. The van der Waals surface area contributed by atoms with E-state index in [9.17, 15) is 18.0 Å². The molecule has 1 unspecified atom stereocenters. The fourth-order valence-electron chi connectivity index (χ4n) is 4.52. The zero-order valence-electron chi connectivity index (χ0n) is 14.6. The summed E-state index contributed by atoms with van der Waals surface area (Å²) in [6, 6.07) is 16.8. The Hall–Kier alpha value is -2.34. The quantitative estimate of drug-likeness (QED) is 0.859. The molecule has 0 radical (unpaired) electrons. The summed E-state index contributed by atoms with van der Waals surface area (Å²) < 4.78 is 40.8. The number of halogens is 3. The van der Waals surface area contributed by atoms with E-state index in [1.165, 1.54) is 22.3 Å². The molecule has 6 heteroatoms. The Morgan fingerprint density at radius 3 is 2.11 bits per heavy atom. The van der Waals surface area contributed by atoms with E-state index in [1.807, 2.05) is 12.1 Å². The lowest BCUT2D eigenvalue weighted by atomic mass is 9.59. The van der Waals surface area contributed by atoms with Crippen LogP contribution in [0.4, 0.5) is 13.2 Å². The molecule has 1 amide bonds. The molecule has 1 atom stereocenters. The third-order valence-electron chi connectivity index (χ3n) is 5.48. The molecular formula is C21H20F3NO2. The maximum Gasteiger partial charge on any atom is 0.411 e. The highest BCUT2D eigenvalue weighted by atomic mass is 19.4. The second-order valence-electron chi connectivity index (χ2n) is 7.20. The minimum atomic E-state index is -4.42. The maximum absolute atomic E-state index is 12.1. The molecule has 3 aliphatic carbocycles. The smallest absolute Gasteiger partial charge is 0.362 e. The molecule has 0 saturated carbocycles. The molecule has 2 aromatic carbocycles. The molecule has 0 saturated heterocycles. The van der Waals surface area contributed by atoms with Crippen molar-refractivity contribution in [1.29, 1.82) is 0 Å². The molecule has 3 aliphatic rings. The Labute approximate surface area is 155 Å². The summed E-state index contributed by atoms with van der Waals surface area (Å²) >= 11 is 0. The summed E-state index contributed by atoms with van der Waals surface area (Å²) in [5.74, 6) is 0.193. The van der Waals surface area contributed by atoms with E-state index in [2.05, 4.69) is 46.5 Å². The summed E-state index contributed by atoms with van der Waals surface area (Å²) in [6.07, 6.45) is -3.50. The highest BCUT2D eigenvalue weighted by molar-refractivity contribution is 5.77.